The highest BCUT2D eigenvalue weighted by Gasteiger charge is 2.25. The molecule has 1 aliphatic heterocycles. The molecule has 1 aromatic carbocycles. The normalized spacial score (nSPS) is 17.4. The van der Waals surface area contributed by atoms with E-state index in [0.717, 1.165) is 37.2 Å². The fraction of sp³-hybridized carbons (Fsp3) is 0.556. The number of hydrogen-bond donors (Lipinski definition) is 1. The van der Waals surface area contributed by atoms with Crippen LogP contribution in [0.5, 0.6) is 11.5 Å². The molecule has 3 rings (SSSR count). The SMILES string of the molecule is CCCCCc1cc(O)c2c(c1)OCC1=C2CCCC1. The third-order valence-electron chi connectivity index (χ3n) is 4.50. The van der Waals surface area contributed by atoms with Crippen molar-refractivity contribution >= 4 is 5.57 Å². The van der Waals surface area contributed by atoms with Gasteiger partial charge in [0.1, 0.15) is 18.1 Å². The molecule has 2 aliphatic rings. The Kier molecular flexibility index (Phi) is 4.00. The molecule has 0 unspecified atom stereocenters. The first-order valence-electron chi connectivity index (χ1n) is 7.99. The highest BCUT2D eigenvalue weighted by molar-refractivity contribution is 5.79. The minimum atomic E-state index is 0.420. The molecule has 0 amide bonds. The Hall–Kier alpha value is -1.44. The van der Waals surface area contributed by atoms with Gasteiger partial charge in [-0.05, 0) is 67.4 Å². The van der Waals surface area contributed by atoms with E-state index in [1.165, 1.54) is 48.8 Å². The number of benzene rings is 1. The molecular weight excluding hydrogens is 248 g/mol. The average Bonchev–Trinajstić information content (AvgIpc) is 2.47. The van der Waals surface area contributed by atoms with Crippen LogP contribution in [-0.4, -0.2) is 11.7 Å². The fourth-order valence-corrected chi connectivity index (χ4v) is 3.39. The van der Waals surface area contributed by atoms with Gasteiger partial charge >= 0.3 is 0 Å². The monoisotopic (exact) mass is 272 g/mol. The highest BCUT2D eigenvalue weighted by Crippen LogP contribution is 2.45. The number of aromatic hydroxyl groups is 1. The maximum atomic E-state index is 10.4. The van der Waals surface area contributed by atoms with Crippen molar-refractivity contribution in [2.75, 3.05) is 6.61 Å². The van der Waals surface area contributed by atoms with E-state index in [1.807, 2.05) is 6.07 Å². The van der Waals surface area contributed by atoms with Crippen molar-refractivity contribution in [1.82, 2.24) is 0 Å². The van der Waals surface area contributed by atoms with Crippen LogP contribution in [0.1, 0.15) is 63.0 Å². The number of allylic oxidation sites excluding steroid dienone is 1. The summed E-state index contributed by atoms with van der Waals surface area (Å²) >= 11 is 0. The number of rotatable bonds is 4. The van der Waals surface area contributed by atoms with Crippen LogP contribution in [0, 0.1) is 0 Å². The van der Waals surface area contributed by atoms with E-state index in [4.69, 9.17) is 4.74 Å². The van der Waals surface area contributed by atoms with Gasteiger partial charge in [-0.1, -0.05) is 19.8 Å². The topological polar surface area (TPSA) is 29.5 Å². The number of hydrogen-bond acceptors (Lipinski definition) is 2. The summed E-state index contributed by atoms with van der Waals surface area (Å²) in [5.41, 5.74) is 4.94. The molecule has 0 saturated carbocycles. The Bertz CT molecular complexity index is 528. The van der Waals surface area contributed by atoms with Crippen molar-refractivity contribution in [3.05, 3.63) is 28.8 Å². The summed E-state index contributed by atoms with van der Waals surface area (Å²) in [6.07, 6.45) is 9.40. The molecule has 1 N–H and O–H groups in total. The van der Waals surface area contributed by atoms with E-state index < -0.39 is 0 Å². The lowest BCUT2D eigenvalue weighted by molar-refractivity contribution is 0.331. The van der Waals surface area contributed by atoms with Gasteiger partial charge in [0, 0.05) is 0 Å². The Morgan fingerprint density at radius 1 is 1.15 bits per heavy atom. The van der Waals surface area contributed by atoms with E-state index in [9.17, 15) is 5.11 Å². The maximum absolute atomic E-state index is 10.4. The Morgan fingerprint density at radius 3 is 2.85 bits per heavy atom. The van der Waals surface area contributed by atoms with Crippen LogP contribution in [0.15, 0.2) is 17.7 Å². The average molecular weight is 272 g/mol. The first-order valence-corrected chi connectivity index (χ1v) is 7.99. The van der Waals surface area contributed by atoms with Crippen molar-refractivity contribution in [3.8, 4) is 11.5 Å². The zero-order chi connectivity index (χ0) is 13.9. The van der Waals surface area contributed by atoms with Gasteiger partial charge in [-0.2, -0.15) is 0 Å². The van der Waals surface area contributed by atoms with Crippen LogP contribution in [0.4, 0.5) is 0 Å². The quantitative estimate of drug-likeness (QED) is 0.794. The summed E-state index contributed by atoms with van der Waals surface area (Å²) in [6.45, 7) is 2.94. The van der Waals surface area contributed by atoms with Crippen LogP contribution >= 0.6 is 0 Å². The predicted molar refractivity (Wildman–Crippen MR) is 82.2 cm³/mol. The predicted octanol–water partition coefficient (Wildman–Crippen LogP) is 4.84. The van der Waals surface area contributed by atoms with Crippen molar-refractivity contribution in [3.63, 3.8) is 0 Å². The molecule has 1 heterocycles. The molecule has 0 bridgehead atoms. The van der Waals surface area contributed by atoms with Crippen molar-refractivity contribution in [2.45, 2.75) is 58.3 Å². The third-order valence-corrected chi connectivity index (χ3v) is 4.50. The smallest absolute Gasteiger partial charge is 0.131 e. The van der Waals surface area contributed by atoms with Gasteiger partial charge in [0.15, 0.2) is 0 Å². The molecule has 0 fully saturated rings. The molecular formula is C18H24O2. The Balaban J connectivity index is 1.90. The molecule has 0 radical (unpaired) electrons. The second-order valence-corrected chi connectivity index (χ2v) is 6.02. The molecule has 0 atom stereocenters. The summed E-state index contributed by atoms with van der Waals surface area (Å²) in [5, 5.41) is 10.4. The minimum Gasteiger partial charge on any atom is -0.507 e. The molecule has 0 saturated heterocycles. The summed E-state index contributed by atoms with van der Waals surface area (Å²) in [6, 6.07) is 4.09. The first kappa shape index (κ1) is 13.5. The largest absolute Gasteiger partial charge is 0.507 e. The summed E-state index contributed by atoms with van der Waals surface area (Å²) in [4.78, 5) is 0. The third kappa shape index (κ3) is 2.56. The molecule has 1 aliphatic carbocycles. The first-order chi connectivity index (χ1) is 9.79. The summed E-state index contributed by atoms with van der Waals surface area (Å²) in [5.74, 6) is 1.32. The van der Waals surface area contributed by atoms with Crippen LogP contribution in [0.3, 0.4) is 0 Å². The van der Waals surface area contributed by atoms with Gasteiger partial charge in [-0.25, -0.2) is 0 Å². The molecule has 2 nitrogen and oxygen atoms in total. The minimum absolute atomic E-state index is 0.420. The molecule has 2 heteroatoms. The van der Waals surface area contributed by atoms with Crippen LogP contribution in [0.2, 0.25) is 0 Å². The summed E-state index contributed by atoms with van der Waals surface area (Å²) < 4.78 is 5.90. The molecule has 0 aromatic heterocycles. The van der Waals surface area contributed by atoms with Gasteiger partial charge in [0.25, 0.3) is 0 Å². The lowest BCUT2D eigenvalue weighted by atomic mass is 9.85. The number of phenolic OH excluding ortho intramolecular Hbond substituents is 1. The second kappa shape index (κ2) is 5.90. The number of ether oxygens (including phenoxy) is 1. The Morgan fingerprint density at radius 2 is 2.00 bits per heavy atom. The molecule has 20 heavy (non-hydrogen) atoms. The van der Waals surface area contributed by atoms with E-state index >= 15 is 0 Å². The van der Waals surface area contributed by atoms with E-state index in [-0.39, 0.29) is 0 Å². The maximum Gasteiger partial charge on any atom is 0.131 e. The van der Waals surface area contributed by atoms with Crippen molar-refractivity contribution in [2.24, 2.45) is 0 Å². The second-order valence-electron chi connectivity index (χ2n) is 6.02. The van der Waals surface area contributed by atoms with E-state index in [2.05, 4.69) is 13.0 Å². The number of unbranched alkanes of at least 4 members (excludes halogenated alkanes) is 2. The van der Waals surface area contributed by atoms with Crippen LogP contribution in [-0.2, 0) is 6.42 Å². The van der Waals surface area contributed by atoms with E-state index in [1.54, 1.807) is 0 Å². The lowest BCUT2D eigenvalue weighted by Crippen LogP contribution is -2.14. The Labute approximate surface area is 121 Å². The fourth-order valence-electron chi connectivity index (χ4n) is 3.39. The van der Waals surface area contributed by atoms with Gasteiger partial charge in [0.05, 0.1) is 5.56 Å². The van der Waals surface area contributed by atoms with Gasteiger partial charge in [0.2, 0.25) is 0 Å². The van der Waals surface area contributed by atoms with Crippen molar-refractivity contribution in [1.29, 1.82) is 0 Å². The molecule has 108 valence electrons. The van der Waals surface area contributed by atoms with Gasteiger partial charge in [-0.15, -0.1) is 0 Å². The molecule has 0 spiro atoms. The number of phenols is 1. The van der Waals surface area contributed by atoms with Gasteiger partial charge in [-0.3, -0.25) is 0 Å². The standard InChI is InChI=1S/C18H24O2/c1-2-3-4-7-13-10-16(19)18-15-9-6-5-8-14(15)12-20-17(18)11-13/h10-11,19H,2-9,12H2,1H3. The van der Waals surface area contributed by atoms with Gasteiger partial charge < -0.3 is 9.84 Å². The summed E-state index contributed by atoms with van der Waals surface area (Å²) in [7, 11) is 0. The van der Waals surface area contributed by atoms with Crippen LogP contribution < -0.4 is 4.74 Å². The van der Waals surface area contributed by atoms with E-state index in [0.29, 0.717) is 5.75 Å². The van der Waals surface area contributed by atoms with Crippen LogP contribution in [0.25, 0.3) is 5.57 Å². The zero-order valence-corrected chi connectivity index (χ0v) is 12.4. The van der Waals surface area contributed by atoms with Crippen molar-refractivity contribution < 1.29 is 9.84 Å². The lowest BCUT2D eigenvalue weighted by Gasteiger charge is -2.28. The molecule has 1 aromatic rings. The number of fused-ring (bicyclic) bond motifs is 2. The highest BCUT2D eigenvalue weighted by atomic mass is 16.5. The zero-order valence-electron chi connectivity index (χ0n) is 12.4. The number of aryl methyl sites for hydroxylation is 1.